The molecule has 7 heteroatoms. The lowest BCUT2D eigenvalue weighted by Gasteiger charge is -2.31. The molecule has 0 N–H and O–H groups in total. The zero-order valence-electron chi connectivity index (χ0n) is 9.89. The zero-order valence-corrected chi connectivity index (χ0v) is 12.4. The number of halogens is 1. The predicted molar refractivity (Wildman–Crippen MR) is 72.0 cm³/mol. The summed E-state index contributed by atoms with van der Waals surface area (Å²) in [4.78, 5) is 10.9. The summed E-state index contributed by atoms with van der Waals surface area (Å²) in [5, 5.41) is 0.305. The Balaban J connectivity index is 4.76. The lowest BCUT2D eigenvalue weighted by Crippen LogP contribution is -2.22. The minimum Gasteiger partial charge on any atom is -0.327 e. The van der Waals surface area contributed by atoms with Gasteiger partial charge >= 0.3 is 0 Å². The molecule has 0 bridgehead atoms. The van der Waals surface area contributed by atoms with Crippen LogP contribution < -0.4 is 0 Å². The quantitative estimate of drug-likeness (QED) is 0.481. The number of nitrogens with zero attached hydrogens (tertiary/aromatic N) is 1. The molecule has 2 atom stereocenters. The van der Waals surface area contributed by atoms with E-state index in [9.17, 15) is 9.18 Å². The summed E-state index contributed by atoms with van der Waals surface area (Å²) in [6.07, 6.45) is 1.55. The van der Waals surface area contributed by atoms with Gasteiger partial charge in [-0.25, -0.2) is 4.39 Å². The highest BCUT2D eigenvalue weighted by Crippen LogP contribution is 2.64. The summed E-state index contributed by atoms with van der Waals surface area (Å²) in [5.41, 5.74) is -2.44. The number of carbonyl (C=O) groups excluding carboxylic acids is 1. The van der Waals surface area contributed by atoms with Crippen molar-refractivity contribution in [2.75, 3.05) is 19.8 Å². The number of amides is 1. The van der Waals surface area contributed by atoms with Crippen LogP contribution >= 0.6 is 17.0 Å². The normalized spacial score (nSPS) is 16.5. The third-order valence-electron chi connectivity index (χ3n) is 1.93. The first-order valence-corrected chi connectivity index (χ1v) is 9.41. The van der Waals surface area contributed by atoms with Gasteiger partial charge < -0.3 is 4.52 Å². The Bertz CT molecular complexity index is 256. The van der Waals surface area contributed by atoms with Crippen LogP contribution in [0.15, 0.2) is 0 Å². The predicted octanol–water partition coefficient (Wildman–Crippen LogP) is 3.21. The van der Waals surface area contributed by atoms with Gasteiger partial charge in [0.15, 0.2) is 0 Å². The SMILES string of the molecule is CCOP(=S)(SC(C)CC)N(C=O)CCF. The van der Waals surface area contributed by atoms with Crippen LogP contribution in [0.2, 0.25) is 0 Å². The molecular weight excluding hydrogens is 268 g/mol. The van der Waals surface area contributed by atoms with Gasteiger partial charge in [-0.15, -0.1) is 0 Å². The Hall–Kier alpha value is 0.360. The van der Waals surface area contributed by atoms with Crippen molar-refractivity contribution in [3.8, 4) is 0 Å². The molecule has 3 nitrogen and oxygen atoms in total. The van der Waals surface area contributed by atoms with Gasteiger partial charge in [0, 0.05) is 5.25 Å². The molecule has 96 valence electrons. The molecule has 2 unspecified atom stereocenters. The summed E-state index contributed by atoms with van der Waals surface area (Å²) in [7, 11) is 0. The summed E-state index contributed by atoms with van der Waals surface area (Å²) in [6, 6.07) is 0. The fourth-order valence-corrected chi connectivity index (χ4v) is 7.68. The molecule has 0 saturated heterocycles. The first-order chi connectivity index (χ1) is 7.53. The van der Waals surface area contributed by atoms with E-state index in [1.165, 1.54) is 16.1 Å². The van der Waals surface area contributed by atoms with Crippen LogP contribution in [0.4, 0.5) is 4.39 Å². The average molecular weight is 287 g/mol. The zero-order chi connectivity index (χ0) is 12.6. The molecule has 0 aliphatic carbocycles. The molecule has 0 aromatic rings. The van der Waals surface area contributed by atoms with E-state index in [4.69, 9.17) is 16.3 Å². The van der Waals surface area contributed by atoms with E-state index in [0.717, 1.165) is 6.42 Å². The van der Waals surface area contributed by atoms with Crippen LogP contribution in [-0.4, -0.2) is 36.2 Å². The van der Waals surface area contributed by atoms with E-state index in [-0.39, 0.29) is 6.54 Å². The van der Waals surface area contributed by atoms with Crippen LogP contribution in [-0.2, 0) is 21.1 Å². The van der Waals surface area contributed by atoms with Crippen LogP contribution in [0.25, 0.3) is 0 Å². The Labute approximate surface area is 106 Å². The second kappa shape index (κ2) is 8.45. The standard InChI is InChI=1S/C9H19FNO2PS2/c1-4-9(3)16-14(15,13-5-2)11(8-12)7-6-10/h8-9H,4-7H2,1-3H3. The summed E-state index contributed by atoms with van der Waals surface area (Å²) in [5.74, 6) is 0. The van der Waals surface area contributed by atoms with Gasteiger partial charge in [-0.1, -0.05) is 25.2 Å². The number of hydrogen-bond donors (Lipinski definition) is 0. The van der Waals surface area contributed by atoms with E-state index in [1.54, 1.807) is 0 Å². The summed E-state index contributed by atoms with van der Waals surface area (Å²) < 4.78 is 19.2. The van der Waals surface area contributed by atoms with Crippen LogP contribution in [0.1, 0.15) is 27.2 Å². The summed E-state index contributed by atoms with van der Waals surface area (Å²) in [6.45, 7) is 5.77. The van der Waals surface area contributed by atoms with E-state index in [2.05, 4.69) is 0 Å². The van der Waals surface area contributed by atoms with Gasteiger partial charge in [0.2, 0.25) is 12.0 Å². The molecule has 0 aromatic carbocycles. The third-order valence-corrected chi connectivity index (χ3v) is 8.94. The Morgan fingerprint density at radius 1 is 1.62 bits per heavy atom. The van der Waals surface area contributed by atoms with Crippen LogP contribution in [0.3, 0.4) is 0 Å². The molecule has 0 aliphatic heterocycles. The lowest BCUT2D eigenvalue weighted by molar-refractivity contribution is -0.114. The van der Waals surface area contributed by atoms with Crippen molar-refractivity contribution in [3.63, 3.8) is 0 Å². The number of hydrogen-bond acceptors (Lipinski definition) is 4. The molecule has 16 heavy (non-hydrogen) atoms. The van der Waals surface area contributed by atoms with Crippen molar-refractivity contribution in [1.82, 2.24) is 4.67 Å². The molecule has 0 aromatic heterocycles. The minimum atomic E-state index is -2.44. The molecule has 0 rings (SSSR count). The highest BCUT2D eigenvalue weighted by Gasteiger charge is 2.28. The first-order valence-electron chi connectivity index (χ1n) is 5.25. The van der Waals surface area contributed by atoms with E-state index < -0.39 is 12.3 Å². The maximum absolute atomic E-state index is 12.3. The van der Waals surface area contributed by atoms with Crippen molar-refractivity contribution >= 4 is 35.2 Å². The third kappa shape index (κ3) is 5.13. The van der Waals surface area contributed by atoms with Crippen molar-refractivity contribution < 1.29 is 13.7 Å². The van der Waals surface area contributed by atoms with Crippen LogP contribution in [0, 0.1) is 0 Å². The molecule has 0 heterocycles. The highest BCUT2D eigenvalue weighted by atomic mass is 32.9. The fraction of sp³-hybridized carbons (Fsp3) is 0.889. The van der Waals surface area contributed by atoms with Crippen molar-refractivity contribution in [3.05, 3.63) is 0 Å². The molecule has 0 radical (unpaired) electrons. The number of rotatable bonds is 9. The molecule has 0 aliphatic rings. The number of alkyl halides is 1. The largest absolute Gasteiger partial charge is 0.327 e. The topological polar surface area (TPSA) is 29.5 Å². The monoisotopic (exact) mass is 287 g/mol. The second-order valence-electron chi connectivity index (χ2n) is 3.17. The fourth-order valence-electron chi connectivity index (χ4n) is 0.950. The van der Waals surface area contributed by atoms with Crippen molar-refractivity contribution in [1.29, 1.82) is 0 Å². The van der Waals surface area contributed by atoms with E-state index in [1.807, 2.05) is 20.8 Å². The maximum atomic E-state index is 12.3. The average Bonchev–Trinajstić information content (AvgIpc) is 2.25. The Kier molecular flexibility index (Phi) is 8.64. The minimum absolute atomic E-state index is 0.0181. The van der Waals surface area contributed by atoms with Crippen molar-refractivity contribution in [2.24, 2.45) is 0 Å². The molecule has 0 spiro atoms. The summed E-state index contributed by atoms with van der Waals surface area (Å²) >= 11 is 6.89. The van der Waals surface area contributed by atoms with Gasteiger partial charge in [-0.05, 0) is 25.2 Å². The smallest absolute Gasteiger partial charge is 0.215 e. The molecule has 0 saturated carbocycles. The molecule has 1 amide bonds. The van der Waals surface area contributed by atoms with E-state index >= 15 is 0 Å². The van der Waals surface area contributed by atoms with Gasteiger partial charge in [0.25, 0.3) is 0 Å². The van der Waals surface area contributed by atoms with Crippen LogP contribution in [0.5, 0.6) is 0 Å². The molecular formula is C9H19FNO2PS2. The second-order valence-corrected chi connectivity index (χ2v) is 10.2. The lowest BCUT2D eigenvalue weighted by atomic mass is 10.4. The number of carbonyl (C=O) groups is 1. The Morgan fingerprint density at radius 3 is 2.62 bits per heavy atom. The molecule has 0 fully saturated rings. The first kappa shape index (κ1) is 16.4. The van der Waals surface area contributed by atoms with Gasteiger partial charge in [-0.3, -0.25) is 9.46 Å². The van der Waals surface area contributed by atoms with Crippen molar-refractivity contribution in [2.45, 2.75) is 32.4 Å². The van der Waals surface area contributed by atoms with Gasteiger partial charge in [0.1, 0.15) is 6.67 Å². The van der Waals surface area contributed by atoms with Gasteiger partial charge in [-0.2, -0.15) is 0 Å². The Morgan fingerprint density at radius 2 is 2.25 bits per heavy atom. The maximum Gasteiger partial charge on any atom is 0.215 e. The van der Waals surface area contributed by atoms with E-state index in [0.29, 0.717) is 18.3 Å². The highest BCUT2D eigenvalue weighted by molar-refractivity contribution is 8.69. The van der Waals surface area contributed by atoms with Gasteiger partial charge in [0.05, 0.1) is 13.2 Å².